The molecule has 5 nitrogen and oxygen atoms in total. The van der Waals surface area contributed by atoms with Gasteiger partial charge >= 0.3 is 5.97 Å². The lowest BCUT2D eigenvalue weighted by Crippen LogP contribution is -2.32. The Labute approximate surface area is 116 Å². The van der Waals surface area contributed by atoms with Crippen LogP contribution in [0.5, 0.6) is 0 Å². The Kier molecular flexibility index (Phi) is 5.18. The van der Waals surface area contributed by atoms with E-state index in [0.29, 0.717) is 6.07 Å². The highest BCUT2D eigenvalue weighted by atomic mass is 32.2. The molecule has 1 aromatic rings. The standard InChI is InChI=1S/C13H14FNO4S/c1-3-7-15(8-4-2)20(18,19)12-9-10(14)5-6-11(12)13(16)17/h3-6,9H,1-2,7-8H2,(H,16,17). The molecule has 108 valence electrons. The van der Waals surface area contributed by atoms with Crippen LogP contribution >= 0.6 is 0 Å². The van der Waals surface area contributed by atoms with Crippen LogP contribution in [0.3, 0.4) is 0 Å². The Morgan fingerprint density at radius 2 is 1.85 bits per heavy atom. The summed E-state index contributed by atoms with van der Waals surface area (Å²) in [6, 6.07) is 2.51. The molecule has 0 aliphatic carbocycles. The van der Waals surface area contributed by atoms with Gasteiger partial charge in [-0.25, -0.2) is 17.6 Å². The first-order chi connectivity index (χ1) is 9.34. The molecule has 0 unspecified atom stereocenters. The first-order valence-electron chi connectivity index (χ1n) is 5.59. The number of hydrogen-bond acceptors (Lipinski definition) is 3. The van der Waals surface area contributed by atoms with Crippen LogP contribution in [0, 0.1) is 5.82 Å². The van der Waals surface area contributed by atoms with E-state index < -0.39 is 32.3 Å². The topological polar surface area (TPSA) is 74.7 Å². The predicted molar refractivity (Wildman–Crippen MR) is 72.5 cm³/mol. The van der Waals surface area contributed by atoms with Crippen LogP contribution < -0.4 is 0 Å². The first-order valence-corrected chi connectivity index (χ1v) is 7.03. The van der Waals surface area contributed by atoms with Crippen LogP contribution in [0.25, 0.3) is 0 Å². The van der Waals surface area contributed by atoms with Crippen LogP contribution in [0.15, 0.2) is 48.4 Å². The fourth-order valence-corrected chi connectivity index (χ4v) is 3.16. The molecule has 0 aromatic heterocycles. The van der Waals surface area contributed by atoms with E-state index in [1.165, 1.54) is 12.2 Å². The normalized spacial score (nSPS) is 11.3. The summed E-state index contributed by atoms with van der Waals surface area (Å²) in [5.74, 6) is -2.27. The highest BCUT2D eigenvalue weighted by molar-refractivity contribution is 7.89. The Balaban J connectivity index is 3.46. The second-order valence-electron chi connectivity index (χ2n) is 3.85. The molecule has 1 N–H and O–H groups in total. The third-order valence-electron chi connectivity index (χ3n) is 2.46. The molecule has 0 aliphatic rings. The van der Waals surface area contributed by atoms with Gasteiger partial charge in [0.1, 0.15) is 5.82 Å². The van der Waals surface area contributed by atoms with Gasteiger partial charge < -0.3 is 5.11 Å². The zero-order chi connectivity index (χ0) is 15.3. The third kappa shape index (κ3) is 3.31. The first kappa shape index (κ1) is 16.1. The maximum absolute atomic E-state index is 13.3. The minimum Gasteiger partial charge on any atom is -0.478 e. The van der Waals surface area contributed by atoms with Crippen molar-refractivity contribution >= 4 is 16.0 Å². The quantitative estimate of drug-likeness (QED) is 0.780. The van der Waals surface area contributed by atoms with E-state index in [-0.39, 0.29) is 13.1 Å². The van der Waals surface area contributed by atoms with Crippen molar-refractivity contribution in [3.05, 3.63) is 54.9 Å². The van der Waals surface area contributed by atoms with Gasteiger partial charge in [0.25, 0.3) is 0 Å². The number of carboxylic acid groups (broad SMARTS) is 1. The van der Waals surface area contributed by atoms with Crippen molar-refractivity contribution in [1.29, 1.82) is 0 Å². The van der Waals surface area contributed by atoms with Gasteiger partial charge in [-0.05, 0) is 18.2 Å². The van der Waals surface area contributed by atoms with Crippen LogP contribution in [0.4, 0.5) is 4.39 Å². The van der Waals surface area contributed by atoms with Gasteiger partial charge in [-0.3, -0.25) is 0 Å². The summed E-state index contributed by atoms with van der Waals surface area (Å²) in [4.78, 5) is 10.5. The lowest BCUT2D eigenvalue weighted by molar-refractivity contribution is 0.0692. The maximum atomic E-state index is 13.3. The largest absolute Gasteiger partial charge is 0.478 e. The van der Waals surface area contributed by atoms with Crippen LogP contribution in [-0.4, -0.2) is 36.9 Å². The van der Waals surface area contributed by atoms with Crippen LogP contribution in [0.1, 0.15) is 10.4 Å². The molecule has 0 saturated carbocycles. The molecule has 0 fully saturated rings. The molecule has 0 aliphatic heterocycles. The summed E-state index contributed by atoms with van der Waals surface area (Å²) in [5, 5.41) is 9.02. The molecule has 0 atom stereocenters. The van der Waals surface area contributed by atoms with E-state index >= 15 is 0 Å². The molecule has 0 amide bonds. The Morgan fingerprint density at radius 1 is 1.30 bits per heavy atom. The van der Waals surface area contributed by atoms with Crippen LogP contribution in [0.2, 0.25) is 0 Å². The Morgan fingerprint density at radius 3 is 2.30 bits per heavy atom. The molecule has 20 heavy (non-hydrogen) atoms. The lowest BCUT2D eigenvalue weighted by Gasteiger charge is -2.20. The zero-order valence-corrected chi connectivity index (χ0v) is 11.4. The monoisotopic (exact) mass is 299 g/mol. The number of carbonyl (C=O) groups is 1. The number of nitrogens with zero attached hydrogens (tertiary/aromatic N) is 1. The molecule has 0 radical (unpaired) electrons. The van der Waals surface area contributed by atoms with Crippen molar-refractivity contribution in [1.82, 2.24) is 4.31 Å². The van der Waals surface area contributed by atoms with E-state index in [1.807, 2.05) is 0 Å². The predicted octanol–water partition coefficient (Wildman–Crippen LogP) is 1.89. The van der Waals surface area contributed by atoms with Crippen molar-refractivity contribution in [2.75, 3.05) is 13.1 Å². The smallest absolute Gasteiger partial charge is 0.337 e. The second-order valence-corrected chi connectivity index (χ2v) is 5.75. The van der Waals surface area contributed by atoms with Crippen molar-refractivity contribution in [2.45, 2.75) is 4.90 Å². The van der Waals surface area contributed by atoms with E-state index in [0.717, 1.165) is 16.4 Å². The number of carboxylic acids is 1. The molecule has 0 bridgehead atoms. The van der Waals surface area contributed by atoms with E-state index in [4.69, 9.17) is 5.11 Å². The van der Waals surface area contributed by atoms with Crippen molar-refractivity contribution < 1.29 is 22.7 Å². The number of benzene rings is 1. The summed E-state index contributed by atoms with van der Waals surface area (Å²) in [6.45, 7) is 6.79. The minimum atomic E-state index is -4.15. The molecule has 0 saturated heterocycles. The van der Waals surface area contributed by atoms with Gasteiger partial charge in [0, 0.05) is 13.1 Å². The Bertz CT molecular complexity index is 630. The SMILES string of the molecule is C=CCN(CC=C)S(=O)(=O)c1cc(F)ccc1C(=O)O. The highest BCUT2D eigenvalue weighted by Gasteiger charge is 2.28. The third-order valence-corrected chi connectivity index (χ3v) is 4.33. The molecule has 1 aromatic carbocycles. The Hall–Kier alpha value is -1.99. The second kappa shape index (κ2) is 6.44. The van der Waals surface area contributed by atoms with Gasteiger partial charge in [0.2, 0.25) is 10.0 Å². The summed E-state index contributed by atoms with van der Waals surface area (Å²) in [7, 11) is -4.15. The fraction of sp³-hybridized carbons (Fsp3) is 0.154. The average molecular weight is 299 g/mol. The number of halogens is 1. The average Bonchev–Trinajstić information content (AvgIpc) is 2.38. The lowest BCUT2D eigenvalue weighted by atomic mass is 10.2. The summed E-state index contributed by atoms with van der Waals surface area (Å²) >= 11 is 0. The van der Waals surface area contributed by atoms with E-state index in [1.54, 1.807) is 0 Å². The van der Waals surface area contributed by atoms with Gasteiger partial charge in [-0.1, -0.05) is 12.2 Å². The van der Waals surface area contributed by atoms with Gasteiger partial charge in [0.05, 0.1) is 10.5 Å². The van der Waals surface area contributed by atoms with Crippen molar-refractivity contribution in [2.24, 2.45) is 0 Å². The maximum Gasteiger partial charge on any atom is 0.337 e. The van der Waals surface area contributed by atoms with E-state index in [2.05, 4.69) is 13.2 Å². The molecule has 1 rings (SSSR count). The van der Waals surface area contributed by atoms with Gasteiger partial charge in [-0.15, -0.1) is 13.2 Å². The molecule has 0 spiro atoms. The molecule has 0 heterocycles. The van der Waals surface area contributed by atoms with Gasteiger partial charge in [0.15, 0.2) is 0 Å². The van der Waals surface area contributed by atoms with E-state index in [9.17, 15) is 17.6 Å². The van der Waals surface area contributed by atoms with Gasteiger partial charge in [-0.2, -0.15) is 4.31 Å². The zero-order valence-electron chi connectivity index (χ0n) is 10.6. The molecule has 7 heteroatoms. The fourth-order valence-electron chi connectivity index (χ4n) is 1.58. The van der Waals surface area contributed by atoms with Crippen molar-refractivity contribution in [3.63, 3.8) is 0 Å². The number of sulfonamides is 1. The number of hydrogen-bond donors (Lipinski definition) is 1. The van der Waals surface area contributed by atoms with Crippen molar-refractivity contribution in [3.8, 4) is 0 Å². The number of aromatic carboxylic acids is 1. The minimum absolute atomic E-state index is 0.0378. The summed E-state index contributed by atoms with van der Waals surface area (Å²) < 4.78 is 39.0. The van der Waals surface area contributed by atoms with Crippen LogP contribution in [-0.2, 0) is 10.0 Å². The number of rotatable bonds is 7. The summed E-state index contributed by atoms with van der Waals surface area (Å²) in [6.07, 6.45) is 2.70. The summed E-state index contributed by atoms with van der Waals surface area (Å²) in [5.41, 5.74) is -0.482. The highest BCUT2D eigenvalue weighted by Crippen LogP contribution is 2.21. The molecular weight excluding hydrogens is 285 g/mol. The molecular formula is C13H14FNO4S.